The summed E-state index contributed by atoms with van der Waals surface area (Å²) in [7, 11) is 1.90. The van der Waals surface area contributed by atoms with E-state index in [1.165, 1.54) is 0 Å². The largest absolute Gasteiger partial charge is 0.378 e. The summed E-state index contributed by atoms with van der Waals surface area (Å²) in [6, 6.07) is 3.90. The van der Waals surface area contributed by atoms with Crippen LogP contribution < -0.4 is 5.32 Å². The highest BCUT2D eigenvalue weighted by Gasteiger charge is 2.13. The predicted octanol–water partition coefficient (Wildman–Crippen LogP) is 4.97. The number of aryl methyl sites for hydroxylation is 3. The van der Waals surface area contributed by atoms with Gasteiger partial charge in [0.1, 0.15) is 0 Å². The molecule has 6 heteroatoms. The van der Waals surface area contributed by atoms with E-state index in [1.807, 2.05) is 37.7 Å². The molecule has 0 atom stereocenters. The number of rotatable bonds is 4. The number of hydrogen-bond acceptors (Lipinski definition) is 2. The maximum absolute atomic E-state index is 6.33. The Morgan fingerprint density at radius 3 is 2.65 bits per heavy atom. The molecule has 1 aromatic heterocycles. The van der Waals surface area contributed by atoms with Crippen LogP contribution in [0.2, 0.25) is 10.0 Å². The van der Waals surface area contributed by atoms with E-state index >= 15 is 0 Å². The highest BCUT2D eigenvalue weighted by Crippen LogP contribution is 2.30. The summed E-state index contributed by atoms with van der Waals surface area (Å²) >= 11 is 16.0. The van der Waals surface area contributed by atoms with Gasteiger partial charge >= 0.3 is 0 Å². The van der Waals surface area contributed by atoms with E-state index < -0.39 is 0 Å². The average Bonchev–Trinajstić information content (AvgIpc) is 2.67. The van der Waals surface area contributed by atoms with Crippen molar-refractivity contribution in [3.05, 3.63) is 43.6 Å². The van der Waals surface area contributed by atoms with Crippen LogP contribution in [0.5, 0.6) is 0 Å². The second kappa shape index (κ2) is 6.37. The Morgan fingerprint density at radius 1 is 1.35 bits per heavy atom. The lowest BCUT2D eigenvalue weighted by Crippen LogP contribution is -2.06. The molecule has 1 N–H and O–H groups in total. The second-order valence-electron chi connectivity index (χ2n) is 4.62. The van der Waals surface area contributed by atoms with E-state index in [4.69, 9.17) is 23.2 Å². The van der Waals surface area contributed by atoms with Crippen LogP contribution in [0, 0.1) is 6.92 Å². The van der Waals surface area contributed by atoms with Crippen LogP contribution in [0.4, 0.5) is 5.69 Å². The topological polar surface area (TPSA) is 29.9 Å². The quantitative estimate of drug-likeness (QED) is 0.815. The van der Waals surface area contributed by atoms with Crippen LogP contribution in [0.15, 0.2) is 16.6 Å². The van der Waals surface area contributed by atoms with Crippen molar-refractivity contribution in [3.63, 3.8) is 0 Å². The lowest BCUT2D eigenvalue weighted by Gasteiger charge is -2.11. The molecule has 2 rings (SSSR count). The van der Waals surface area contributed by atoms with Crippen LogP contribution in [0.3, 0.4) is 0 Å². The van der Waals surface area contributed by atoms with Gasteiger partial charge in [0.05, 0.1) is 28.6 Å². The van der Waals surface area contributed by atoms with Crippen molar-refractivity contribution in [1.82, 2.24) is 9.78 Å². The third-order valence-electron chi connectivity index (χ3n) is 3.20. The molecule has 0 unspecified atom stereocenters. The number of nitrogens with zero attached hydrogens (tertiary/aromatic N) is 2. The number of aromatic nitrogens is 2. The fraction of sp³-hybridized carbons (Fsp3) is 0.357. The fourth-order valence-electron chi connectivity index (χ4n) is 1.97. The number of halogens is 3. The minimum Gasteiger partial charge on any atom is -0.378 e. The first-order valence-electron chi connectivity index (χ1n) is 6.33. The Balaban J connectivity index is 2.21. The number of benzene rings is 1. The maximum atomic E-state index is 6.33. The van der Waals surface area contributed by atoms with Crippen LogP contribution in [-0.2, 0) is 20.0 Å². The Hall–Kier alpha value is -0.710. The molecule has 1 heterocycles. The van der Waals surface area contributed by atoms with Crippen molar-refractivity contribution >= 4 is 44.8 Å². The second-order valence-corrected chi connectivity index (χ2v) is 6.26. The van der Waals surface area contributed by atoms with E-state index in [2.05, 4.69) is 26.3 Å². The summed E-state index contributed by atoms with van der Waals surface area (Å²) in [6.45, 7) is 4.62. The fourth-order valence-corrected chi connectivity index (χ4v) is 3.09. The Labute approximate surface area is 137 Å². The third-order valence-corrected chi connectivity index (χ3v) is 4.70. The molecule has 0 bridgehead atoms. The molecule has 0 aliphatic heterocycles. The van der Waals surface area contributed by atoms with Crippen molar-refractivity contribution in [2.45, 2.75) is 26.8 Å². The van der Waals surface area contributed by atoms with Gasteiger partial charge in [0.2, 0.25) is 0 Å². The molecule has 3 nitrogen and oxygen atoms in total. The maximum Gasteiger partial charge on any atom is 0.0868 e. The Kier molecular flexibility index (Phi) is 4.99. The zero-order valence-electron chi connectivity index (χ0n) is 11.6. The van der Waals surface area contributed by atoms with E-state index in [1.54, 1.807) is 0 Å². The first kappa shape index (κ1) is 15.7. The molecular formula is C14H16BrCl2N3. The molecule has 0 saturated heterocycles. The van der Waals surface area contributed by atoms with Crippen molar-refractivity contribution in [1.29, 1.82) is 0 Å². The summed E-state index contributed by atoms with van der Waals surface area (Å²) in [4.78, 5) is 0. The molecule has 2 aromatic rings. The van der Waals surface area contributed by atoms with Crippen molar-refractivity contribution in [2.24, 2.45) is 7.05 Å². The molecule has 0 aliphatic carbocycles. The lowest BCUT2D eigenvalue weighted by molar-refractivity contribution is 0.707. The molecule has 0 radical (unpaired) electrons. The Bertz CT molecular complexity index is 638. The minimum atomic E-state index is 0.598. The normalized spacial score (nSPS) is 10.9. The zero-order chi connectivity index (χ0) is 14.9. The molecule has 0 aliphatic rings. The van der Waals surface area contributed by atoms with Gasteiger partial charge in [-0.15, -0.1) is 0 Å². The minimum absolute atomic E-state index is 0.598. The molecule has 108 valence electrons. The SMILES string of the molecule is CCc1nn(C)c(CNc2cc(Cl)c(C)cc2Br)c1Cl. The van der Waals surface area contributed by atoms with Crippen molar-refractivity contribution in [2.75, 3.05) is 5.32 Å². The smallest absolute Gasteiger partial charge is 0.0868 e. The van der Waals surface area contributed by atoms with Gasteiger partial charge in [0.25, 0.3) is 0 Å². The van der Waals surface area contributed by atoms with Gasteiger partial charge in [-0.2, -0.15) is 5.10 Å². The predicted molar refractivity (Wildman–Crippen MR) is 88.8 cm³/mol. The zero-order valence-corrected chi connectivity index (χ0v) is 14.7. The molecule has 0 fully saturated rings. The highest BCUT2D eigenvalue weighted by molar-refractivity contribution is 9.10. The van der Waals surface area contributed by atoms with Crippen LogP contribution in [0.25, 0.3) is 0 Å². The summed E-state index contributed by atoms with van der Waals surface area (Å²) in [5.74, 6) is 0. The first-order chi connectivity index (χ1) is 9.43. The number of anilines is 1. The summed E-state index contributed by atoms with van der Waals surface area (Å²) in [5, 5.41) is 9.21. The summed E-state index contributed by atoms with van der Waals surface area (Å²) < 4.78 is 2.80. The molecule has 0 amide bonds. The van der Waals surface area contributed by atoms with E-state index in [0.29, 0.717) is 6.54 Å². The molecule has 0 saturated carbocycles. The number of nitrogens with one attached hydrogen (secondary N) is 1. The van der Waals surface area contributed by atoms with Gasteiger partial charge in [0, 0.05) is 16.5 Å². The highest BCUT2D eigenvalue weighted by atomic mass is 79.9. The van der Waals surface area contributed by atoms with Gasteiger partial charge in [-0.25, -0.2) is 0 Å². The first-order valence-corrected chi connectivity index (χ1v) is 7.88. The third kappa shape index (κ3) is 3.13. The average molecular weight is 377 g/mol. The monoisotopic (exact) mass is 375 g/mol. The van der Waals surface area contributed by atoms with Crippen molar-refractivity contribution in [3.8, 4) is 0 Å². The van der Waals surface area contributed by atoms with Gasteiger partial charge < -0.3 is 5.32 Å². The van der Waals surface area contributed by atoms with E-state index in [0.717, 1.165) is 43.6 Å². The van der Waals surface area contributed by atoms with Gasteiger partial charge in [-0.1, -0.05) is 30.1 Å². The van der Waals surface area contributed by atoms with Gasteiger partial charge in [-0.05, 0) is 47.0 Å². The van der Waals surface area contributed by atoms with Crippen LogP contribution in [-0.4, -0.2) is 9.78 Å². The number of hydrogen-bond donors (Lipinski definition) is 1. The molecule has 0 spiro atoms. The van der Waals surface area contributed by atoms with Crippen molar-refractivity contribution < 1.29 is 0 Å². The molecular weight excluding hydrogens is 361 g/mol. The van der Waals surface area contributed by atoms with Gasteiger partial charge in [-0.3, -0.25) is 4.68 Å². The Morgan fingerprint density at radius 2 is 2.05 bits per heavy atom. The summed E-state index contributed by atoms with van der Waals surface area (Å²) in [5.41, 5.74) is 3.87. The lowest BCUT2D eigenvalue weighted by atomic mass is 10.2. The summed E-state index contributed by atoms with van der Waals surface area (Å²) in [6.07, 6.45) is 0.826. The standard InChI is InChI=1S/C14H16BrCl2N3/c1-4-11-14(17)13(20(3)19-11)7-18-12-6-10(16)8(2)5-9(12)15/h5-6,18H,4,7H2,1-3H3. The van der Waals surface area contributed by atoms with Crippen LogP contribution in [0.1, 0.15) is 23.9 Å². The van der Waals surface area contributed by atoms with Crippen LogP contribution >= 0.6 is 39.1 Å². The van der Waals surface area contributed by atoms with Gasteiger partial charge in [0.15, 0.2) is 0 Å². The van der Waals surface area contributed by atoms with E-state index in [9.17, 15) is 0 Å². The van der Waals surface area contributed by atoms with E-state index in [-0.39, 0.29) is 0 Å². The molecule has 1 aromatic carbocycles. The molecule has 20 heavy (non-hydrogen) atoms.